The summed E-state index contributed by atoms with van der Waals surface area (Å²) >= 11 is 0. The fourth-order valence-electron chi connectivity index (χ4n) is 2.55. The molecule has 1 N–H and O–H groups in total. The van der Waals surface area contributed by atoms with Gasteiger partial charge in [0.2, 0.25) is 0 Å². The van der Waals surface area contributed by atoms with Crippen molar-refractivity contribution in [1.29, 1.82) is 0 Å². The number of aromatic nitrogens is 1. The maximum atomic E-state index is 14.2. The van der Waals surface area contributed by atoms with E-state index in [0.717, 1.165) is 15.6 Å². The Morgan fingerprint density at radius 2 is 1.84 bits per heavy atom. The zero-order valence-electron chi connectivity index (χ0n) is 13.2. The highest BCUT2D eigenvalue weighted by Gasteiger charge is 2.22. The second-order valence-corrected chi connectivity index (χ2v) is 7.32. The summed E-state index contributed by atoms with van der Waals surface area (Å²) < 4.78 is 41.1. The van der Waals surface area contributed by atoms with Gasteiger partial charge in [-0.2, -0.15) is 0 Å². The quantitative estimate of drug-likeness (QED) is 0.724. The first-order valence-electron chi connectivity index (χ1n) is 7.33. The predicted octanol–water partition coefficient (Wildman–Crippen LogP) is 3.42. The van der Waals surface area contributed by atoms with Crippen molar-refractivity contribution in [3.63, 3.8) is 0 Å². The van der Waals surface area contributed by atoms with Crippen molar-refractivity contribution in [3.05, 3.63) is 71.7 Å². The van der Waals surface area contributed by atoms with Crippen molar-refractivity contribution in [2.75, 3.05) is 0 Å². The maximum Gasteiger partial charge on any atom is 0.328 e. The van der Waals surface area contributed by atoms with Crippen LogP contribution in [-0.4, -0.2) is 23.5 Å². The Balaban J connectivity index is 2.28. The molecule has 3 rings (SSSR count). The molecule has 5 nitrogen and oxygen atoms in total. The van der Waals surface area contributed by atoms with E-state index in [1.54, 1.807) is 12.1 Å². The van der Waals surface area contributed by atoms with Gasteiger partial charge in [0.05, 0.1) is 10.4 Å². The van der Waals surface area contributed by atoms with Crippen LogP contribution in [0.25, 0.3) is 17.0 Å². The van der Waals surface area contributed by atoms with Crippen LogP contribution in [0.15, 0.2) is 59.6 Å². The summed E-state index contributed by atoms with van der Waals surface area (Å²) in [5.41, 5.74) is 1.23. The van der Waals surface area contributed by atoms with E-state index in [9.17, 15) is 17.6 Å². The molecule has 0 saturated carbocycles. The first-order chi connectivity index (χ1) is 11.8. The lowest BCUT2D eigenvalue weighted by Crippen LogP contribution is -2.11. The molecule has 128 valence electrons. The van der Waals surface area contributed by atoms with Gasteiger partial charge in [0.15, 0.2) is 0 Å². The van der Waals surface area contributed by atoms with E-state index < -0.39 is 21.8 Å². The van der Waals surface area contributed by atoms with Gasteiger partial charge in [-0.15, -0.1) is 0 Å². The second-order valence-electron chi connectivity index (χ2n) is 5.50. The molecule has 0 atom stereocenters. The number of halogens is 1. The lowest BCUT2D eigenvalue weighted by atomic mass is 10.1. The van der Waals surface area contributed by atoms with Crippen LogP contribution in [-0.2, 0) is 14.8 Å². The standard InChI is InChI=1S/C18H14FNO4S/c1-12-5-8-14(9-6-12)25(23,24)20-11-13(7-10-17(21)22)18-15(19)3-2-4-16(18)20/h2-11H,1H3,(H,21,22). The molecule has 0 fully saturated rings. The number of carboxylic acids is 1. The summed E-state index contributed by atoms with van der Waals surface area (Å²) in [6.07, 6.45) is 3.24. The fraction of sp³-hybridized carbons (Fsp3) is 0.0556. The molecular formula is C18H14FNO4S. The van der Waals surface area contributed by atoms with Gasteiger partial charge in [-0.25, -0.2) is 21.6 Å². The van der Waals surface area contributed by atoms with Crippen LogP contribution < -0.4 is 0 Å². The van der Waals surface area contributed by atoms with E-state index in [2.05, 4.69) is 0 Å². The smallest absolute Gasteiger partial charge is 0.328 e. The van der Waals surface area contributed by atoms with Crippen LogP contribution in [0, 0.1) is 12.7 Å². The van der Waals surface area contributed by atoms with Gasteiger partial charge in [-0.1, -0.05) is 23.8 Å². The number of aliphatic carboxylic acids is 1. The lowest BCUT2D eigenvalue weighted by Gasteiger charge is -2.07. The van der Waals surface area contributed by atoms with Crippen LogP contribution in [0.1, 0.15) is 11.1 Å². The molecule has 1 heterocycles. The lowest BCUT2D eigenvalue weighted by molar-refractivity contribution is -0.131. The van der Waals surface area contributed by atoms with E-state index in [4.69, 9.17) is 5.11 Å². The topological polar surface area (TPSA) is 76.4 Å². The Hall–Kier alpha value is -2.93. The number of fused-ring (bicyclic) bond motifs is 1. The number of aryl methyl sites for hydroxylation is 1. The SMILES string of the molecule is Cc1ccc(S(=O)(=O)n2cc(C=CC(=O)O)c3c(F)cccc32)cc1. The largest absolute Gasteiger partial charge is 0.478 e. The van der Waals surface area contributed by atoms with Crippen molar-refractivity contribution in [3.8, 4) is 0 Å². The minimum Gasteiger partial charge on any atom is -0.478 e. The molecule has 0 aliphatic rings. The molecule has 25 heavy (non-hydrogen) atoms. The summed E-state index contributed by atoms with van der Waals surface area (Å²) in [5, 5.41) is 8.83. The molecule has 2 aromatic carbocycles. The molecule has 0 bridgehead atoms. The molecule has 0 aliphatic carbocycles. The van der Waals surface area contributed by atoms with E-state index >= 15 is 0 Å². The van der Waals surface area contributed by atoms with E-state index in [1.165, 1.54) is 42.6 Å². The van der Waals surface area contributed by atoms with Crippen LogP contribution >= 0.6 is 0 Å². The van der Waals surface area contributed by atoms with E-state index in [0.29, 0.717) is 0 Å². The molecule has 0 spiro atoms. The minimum atomic E-state index is -3.95. The molecule has 1 aromatic heterocycles. The van der Waals surface area contributed by atoms with Gasteiger partial charge >= 0.3 is 5.97 Å². The number of nitrogens with zero attached hydrogens (tertiary/aromatic N) is 1. The molecule has 3 aromatic rings. The van der Waals surface area contributed by atoms with Crippen LogP contribution in [0.2, 0.25) is 0 Å². The zero-order valence-corrected chi connectivity index (χ0v) is 14.0. The Kier molecular flexibility index (Phi) is 4.18. The van der Waals surface area contributed by atoms with Crippen molar-refractivity contribution in [2.24, 2.45) is 0 Å². The first kappa shape index (κ1) is 16.9. The van der Waals surface area contributed by atoms with Crippen LogP contribution in [0.4, 0.5) is 4.39 Å². The Bertz CT molecular complexity index is 1100. The third-order valence-electron chi connectivity index (χ3n) is 3.76. The van der Waals surface area contributed by atoms with Gasteiger partial charge in [-0.05, 0) is 37.3 Å². The van der Waals surface area contributed by atoms with Gasteiger partial charge in [0, 0.05) is 23.2 Å². The molecule has 0 unspecified atom stereocenters. The third-order valence-corrected chi connectivity index (χ3v) is 5.45. The van der Waals surface area contributed by atoms with Crippen LogP contribution in [0.3, 0.4) is 0 Å². The second kappa shape index (κ2) is 6.18. The summed E-state index contributed by atoms with van der Waals surface area (Å²) in [4.78, 5) is 10.8. The monoisotopic (exact) mass is 359 g/mol. The summed E-state index contributed by atoms with van der Waals surface area (Å²) in [7, 11) is -3.95. The number of rotatable bonds is 4. The normalized spacial score (nSPS) is 12.1. The zero-order chi connectivity index (χ0) is 18.2. The maximum absolute atomic E-state index is 14.2. The highest BCUT2D eigenvalue weighted by Crippen LogP contribution is 2.29. The molecule has 0 radical (unpaired) electrons. The van der Waals surface area contributed by atoms with E-state index in [1.807, 2.05) is 6.92 Å². The van der Waals surface area contributed by atoms with Crippen molar-refractivity contribution >= 4 is 33.0 Å². The Labute approximate surface area is 143 Å². The van der Waals surface area contributed by atoms with E-state index in [-0.39, 0.29) is 21.4 Å². The van der Waals surface area contributed by atoms with Gasteiger partial charge in [0.25, 0.3) is 10.0 Å². The number of carbonyl (C=O) groups is 1. The molecule has 7 heteroatoms. The van der Waals surface area contributed by atoms with Crippen molar-refractivity contribution in [2.45, 2.75) is 11.8 Å². The van der Waals surface area contributed by atoms with Crippen molar-refractivity contribution < 1.29 is 22.7 Å². The Morgan fingerprint density at radius 3 is 2.48 bits per heavy atom. The average Bonchev–Trinajstić information content (AvgIpc) is 2.94. The molecule has 0 amide bonds. The van der Waals surface area contributed by atoms with Crippen molar-refractivity contribution in [1.82, 2.24) is 3.97 Å². The van der Waals surface area contributed by atoms with Gasteiger partial charge in [-0.3, -0.25) is 0 Å². The molecule has 0 aliphatic heterocycles. The number of benzene rings is 2. The summed E-state index contributed by atoms with van der Waals surface area (Å²) in [5.74, 6) is -1.83. The molecular weight excluding hydrogens is 345 g/mol. The fourth-order valence-corrected chi connectivity index (χ4v) is 3.92. The highest BCUT2D eigenvalue weighted by molar-refractivity contribution is 7.90. The number of hydrogen-bond acceptors (Lipinski definition) is 3. The van der Waals surface area contributed by atoms with Gasteiger partial charge < -0.3 is 5.11 Å². The van der Waals surface area contributed by atoms with Gasteiger partial charge in [0.1, 0.15) is 5.82 Å². The first-order valence-corrected chi connectivity index (χ1v) is 8.77. The average molecular weight is 359 g/mol. The number of hydrogen-bond donors (Lipinski definition) is 1. The number of carboxylic acid groups (broad SMARTS) is 1. The third kappa shape index (κ3) is 3.06. The Morgan fingerprint density at radius 1 is 1.16 bits per heavy atom. The summed E-state index contributed by atoms with van der Waals surface area (Å²) in [6, 6.07) is 10.4. The van der Waals surface area contributed by atoms with Crippen LogP contribution in [0.5, 0.6) is 0 Å². The summed E-state index contributed by atoms with van der Waals surface area (Å²) in [6.45, 7) is 1.84. The predicted molar refractivity (Wildman–Crippen MR) is 92.3 cm³/mol. The minimum absolute atomic E-state index is 0.0516. The molecule has 0 saturated heterocycles. The highest BCUT2D eigenvalue weighted by atomic mass is 32.2.